The van der Waals surface area contributed by atoms with Crippen LogP contribution >= 0.6 is 15.9 Å². The van der Waals surface area contributed by atoms with Crippen molar-refractivity contribution in [2.24, 2.45) is 0 Å². The van der Waals surface area contributed by atoms with Crippen molar-refractivity contribution in [2.45, 2.75) is 13.1 Å². The molecule has 0 spiro atoms. The predicted octanol–water partition coefficient (Wildman–Crippen LogP) is 3.76. The van der Waals surface area contributed by atoms with E-state index in [4.69, 9.17) is 14.2 Å². The fourth-order valence-corrected chi connectivity index (χ4v) is 2.44. The third-order valence-corrected chi connectivity index (χ3v) is 3.87. The Balaban J connectivity index is 2.06. The lowest BCUT2D eigenvalue weighted by molar-refractivity contribution is 0.347. The molecule has 0 aromatic heterocycles. The van der Waals surface area contributed by atoms with E-state index < -0.39 is 0 Å². The molecule has 2 aromatic rings. The van der Waals surface area contributed by atoms with E-state index in [1.807, 2.05) is 24.3 Å². The van der Waals surface area contributed by atoms with Gasteiger partial charge in [0, 0.05) is 29.2 Å². The van der Waals surface area contributed by atoms with Gasteiger partial charge >= 0.3 is 0 Å². The first-order valence-corrected chi connectivity index (χ1v) is 7.71. The van der Waals surface area contributed by atoms with E-state index in [1.54, 1.807) is 21.3 Å². The van der Waals surface area contributed by atoms with Crippen LogP contribution in [0.2, 0.25) is 0 Å². The maximum Gasteiger partial charge on any atom is 0.164 e. The van der Waals surface area contributed by atoms with Crippen LogP contribution in [0.5, 0.6) is 17.2 Å². The molecule has 0 aliphatic carbocycles. The zero-order valence-electron chi connectivity index (χ0n) is 13.0. The van der Waals surface area contributed by atoms with Crippen LogP contribution < -0.4 is 19.5 Å². The van der Waals surface area contributed by atoms with Crippen molar-refractivity contribution in [3.05, 3.63) is 52.0 Å². The molecule has 0 bridgehead atoms. The standard InChI is InChI=1S/C17H20BrNO3/c1-20-15-9-17(22-3)16(21-2)8-13(15)11-19-10-12-4-6-14(18)7-5-12/h4-9,19H,10-11H2,1-3H3. The van der Waals surface area contributed by atoms with Crippen LogP contribution in [0.1, 0.15) is 11.1 Å². The van der Waals surface area contributed by atoms with Gasteiger partial charge in [0.1, 0.15) is 5.75 Å². The molecule has 0 aliphatic heterocycles. The summed E-state index contributed by atoms with van der Waals surface area (Å²) in [4.78, 5) is 0. The van der Waals surface area contributed by atoms with Gasteiger partial charge in [0.2, 0.25) is 0 Å². The lowest BCUT2D eigenvalue weighted by Gasteiger charge is -2.14. The molecule has 0 fully saturated rings. The molecule has 0 saturated carbocycles. The predicted molar refractivity (Wildman–Crippen MR) is 90.8 cm³/mol. The molecule has 0 amide bonds. The fourth-order valence-electron chi connectivity index (χ4n) is 2.17. The Morgan fingerprint density at radius 3 is 2.00 bits per heavy atom. The monoisotopic (exact) mass is 365 g/mol. The Bertz CT molecular complexity index is 614. The number of nitrogens with one attached hydrogen (secondary N) is 1. The summed E-state index contributed by atoms with van der Waals surface area (Å²) in [6, 6.07) is 12.0. The highest BCUT2D eigenvalue weighted by molar-refractivity contribution is 9.10. The minimum Gasteiger partial charge on any atom is -0.496 e. The van der Waals surface area contributed by atoms with Crippen LogP contribution in [0.25, 0.3) is 0 Å². The van der Waals surface area contributed by atoms with E-state index >= 15 is 0 Å². The highest BCUT2D eigenvalue weighted by atomic mass is 79.9. The van der Waals surface area contributed by atoms with E-state index in [0.717, 1.165) is 22.3 Å². The number of ether oxygens (including phenoxy) is 3. The van der Waals surface area contributed by atoms with E-state index in [-0.39, 0.29) is 0 Å². The quantitative estimate of drug-likeness (QED) is 0.810. The SMILES string of the molecule is COc1cc(OC)c(OC)cc1CNCc1ccc(Br)cc1. The van der Waals surface area contributed by atoms with Crippen LogP contribution in [0.15, 0.2) is 40.9 Å². The second-order valence-corrected chi connectivity index (χ2v) is 5.66. The topological polar surface area (TPSA) is 39.7 Å². The van der Waals surface area contributed by atoms with Gasteiger partial charge in [-0.1, -0.05) is 28.1 Å². The second kappa shape index (κ2) is 8.06. The number of benzene rings is 2. The van der Waals surface area contributed by atoms with Crippen molar-refractivity contribution in [1.29, 1.82) is 0 Å². The summed E-state index contributed by atoms with van der Waals surface area (Å²) in [5.74, 6) is 2.14. The highest BCUT2D eigenvalue weighted by Gasteiger charge is 2.11. The third-order valence-electron chi connectivity index (χ3n) is 3.34. The number of rotatable bonds is 7. The summed E-state index contributed by atoms with van der Waals surface area (Å²) in [6.45, 7) is 1.46. The Morgan fingerprint density at radius 2 is 1.41 bits per heavy atom. The number of halogens is 1. The molecule has 0 atom stereocenters. The second-order valence-electron chi connectivity index (χ2n) is 4.75. The molecule has 5 heteroatoms. The summed E-state index contributed by atoms with van der Waals surface area (Å²) in [5.41, 5.74) is 2.25. The molecule has 0 unspecified atom stereocenters. The molecule has 0 radical (unpaired) electrons. The van der Waals surface area contributed by atoms with E-state index in [2.05, 4.69) is 33.4 Å². The van der Waals surface area contributed by atoms with Gasteiger partial charge in [0.15, 0.2) is 11.5 Å². The van der Waals surface area contributed by atoms with Crippen LogP contribution in [-0.4, -0.2) is 21.3 Å². The first-order chi connectivity index (χ1) is 10.7. The van der Waals surface area contributed by atoms with Crippen molar-refractivity contribution >= 4 is 15.9 Å². The summed E-state index contributed by atoms with van der Waals surface area (Å²) < 4.78 is 17.1. The maximum absolute atomic E-state index is 5.42. The third kappa shape index (κ3) is 4.15. The Hall–Kier alpha value is -1.72. The van der Waals surface area contributed by atoms with E-state index in [9.17, 15) is 0 Å². The number of hydrogen-bond donors (Lipinski definition) is 1. The van der Waals surface area contributed by atoms with Gasteiger partial charge in [0.05, 0.1) is 21.3 Å². The van der Waals surface area contributed by atoms with Crippen LogP contribution in [-0.2, 0) is 13.1 Å². The first-order valence-electron chi connectivity index (χ1n) is 6.92. The largest absolute Gasteiger partial charge is 0.496 e. The summed E-state index contributed by atoms with van der Waals surface area (Å²) in [5, 5.41) is 3.41. The molecule has 2 aromatic carbocycles. The van der Waals surface area contributed by atoms with Gasteiger partial charge in [-0.15, -0.1) is 0 Å². The van der Waals surface area contributed by atoms with Crippen molar-refractivity contribution in [3.8, 4) is 17.2 Å². The highest BCUT2D eigenvalue weighted by Crippen LogP contribution is 2.34. The molecule has 4 nitrogen and oxygen atoms in total. The average Bonchev–Trinajstić information content (AvgIpc) is 2.56. The van der Waals surface area contributed by atoms with Crippen molar-refractivity contribution < 1.29 is 14.2 Å². The normalized spacial score (nSPS) is 10.4. The minimum atomic E-state index is 0.663. The Labute approximate surface area is 139 Å². The molecule has 0 heterocycles. The fraction of sp³-hybridized carbons (Fsp3) is 0.294. The molecule has 2 rings (SSSR count). The van der Waals surface area contributed by atoms with Crippen LogP contribution in [0, 0.1) is 0 Å². The lowest BCUT2D eigenvalue weighted by atomic mass is 10.1. The van der Waals surface area contributed by atoms with Crippen molar-refractivity contribution in [3.63, 3.8) is 0 Å². The minimum absolute atomic E-state index is 0.663. The molecular weight excluding hydrogens is 346 g/mol. The van der Waals surface area contributed by atoms with Crippen LogP contribution in [0.4, 0.5) is 0 Å². The Kier molecular flexibility index (Phi) is 6.10. The average molecular weight is 366 g/mol. The number of hydrogen-bond acceptors (Lipinski definition) is 4. The Morgan fingerprint density at radius 1 is 0.818 bits per heavy atom. The zero-order chi connectivity index (χ0) is 15.9. The smallest absolute Gasteiger partial charge is 0.164 e. The van der Waals surface area contributed by atoms with Crippen molar-refractivity contribution in [1.82, 2.24) is 5.32 Å². The van der Waals surface area contributed by atoms with E-state index in [0.29, 0.717) is 18.0 Å². The lowest BCUT2D eigenvalue weighted by Crippen LogP contribution is -2.13. The van der Waals surface area contributed by atoms with E-state index in [1.165, 1.54) is 5.56 Å². The maximum atomic E-state index is 5.42. The molecule has 0 aliphatic rings. The summed E-state index contributed by atoms with van der Waals surface area (Å²) in [7, 11) is 4.89. The molecule has 22 heavy (non-hydrogen) atoms. The number of methoxy groups -OCH3 is 3. The van der Waals surface area contributed by atoms with Gasteiger partial charge < -0.3 is 19.5 Å². The van der Waals surface area contributed by atoms with Gasteiger partial charge in [-0.05, 0) is 23.8 Å². The first kappa shape index (κ1) is 16.6. The van der Waals surface area contributed by atoms with Crippen molar-refractivity contribution in [2.75, 3.05) is 21.3 Å². The molecule has 1 N–H and O–H groups in total. The van der Waals surface area contributed by atoms with Gasteiger partial charge in [-0.3, -0.25) is 0 Å². The van der Waals surface area contributed by atoms with Gasteiger partial charge in [-0.2, -0.15) is 0 Å². The van der Waals surface area contributed by atoms with Crippen LogP contribution in [0.3, 0.4) is 0 Å². The van der Waals surface area contributed by atoms with Gasteiger partial charge in [0.25, 0.3) is 0 Å². The molecule has 0 saturated heterocycles. The summed E-state index contributed by atoms with van der Waals surface area (Å²) >= 11 is 3.44. The summed E-state index contributed by atoms with van der Waals surface area (Å²) in [6.07, 6.45) is 0. The van der Waals surface area contributed by atoms with Gasteiger partial charge in [-0.25, -0.2) is 0 Å². The molecular formula is C17H20BrNO3. The zero-order valence-corrected chi connectivity index (χ0v) is 14.6. The molecule has 118 valence electrons.